The summed E-state index contributed by atoms with van der Waals surface area (Å²) < 4.78 is 50.4. The van der Waals surface area contributed by atoms with Gasteiger partial charge in [-0.3, -0.25) is 9.59 Å². The van der Waals surface area contributed by atoms with Gasteiger partial charge in [0.25, 0.3) is 5.91 Å². The lowest BCUT2D eigenvalue weighted by molar-refractivity contribution is 0.0716. The van der Waals surface area contributed by atoms with Crippen LogP contribution in [0.5, 0.6) is 5.75 Å². The van der Waals surface area contributed by atoms with Gasteiger partial charge in [0.05, 0.1) is 19.4 Å². The first-order chi connectivity index (χ1) is 17.2. The van der Waals surface area contributed by atoms with Gasteiger partial charge in [0.2, 0.25) is 0 Å². The third-order valence-electron chi connectivity index (χ3n) is 5.37. The summed E-state index contributed by atoms with van der Waals surface area (Å²) in [6.45, 7) is 1.41. The van der Waals surface area contributed by atoms with E-state index in [0.29, 0.717) is 16.9 Å². The van der Waals surface area contributed by atoms with E-state index in [1.807, 2.05) is 0 Å². The zero-order chi connectivity index (χ0) is 25.7. The summed E-state index contributed by atoms with van der Waals surface area (Å²) in [5.41, 5.74) is 0.926. The molecule has 184 valence electrons. The van der Waals surface area contributed by atoms with E-state index in [-0.39, 0.29) is 35.1 Å². The van der Waals surface area contributed by atoms with E-state index >= 15 is 0 Å². The summed E-state index contributed by atoms with van der Waals surface area (Å²) in [5.74, 6) is -0.682. The molecular formula is C27H22FNO6S. The Bertz CT molecular complexity index is 1480. The molecule has 1 amide bonds. The van der Waals surface area contributed by atoms with Crippen molar-refractivity contribution in [2.45, 2.75) is 24.9 Å². The highest BCUT2D eigenvalue weighted by Gasteiger charge is 2.23. The monoisotopic (exact) mass is 507 g/mol. The van der Waals surface area contributed by atoms with Crippen molar-refractivity contribution in [1.82, 2.24) is 4.90 Å². The molecule has 0 fully saturated rings. The molecule has 0 unspecified atom stereocenters. The van der Waals surface area contributed by atoms with Crippen LogP contribution in [0.1, 0.15) is 39.0 Å². The first-order valence-electron chi connectivity index (χ1n) is 10.9. The second-order valence-corrected chi connectivity index (χ2v) is 9.52. The number of furan rings is 1. The lowest BCUT2D eigenvalue weighted by Crippen LogP contribution is -2.30. The van der Waals surface area contributed by atoms with Gasteiger partial charge in [-0.25, -0.2) is 4.39 Å². The average Bonchev–Trinajstić information content (AvgIpc) is 3.37. The maximum Gasteiger partial charge on any atom is 0.339 e. The number of halogens is 1. The maximum atomic E-state index is 13.8. The molecule has 9 heteroatoms. The number of carbonyl (C=O) groups is 2. The van der Waals surface area contributed by atoms with Gasteiger partial charge in [0.15, 0.2) is 5.78 Å². The molecule has 0 spiro atoms. The number of para-hydroxylation sites is 1. The predicted molar refractivity (Wildman–Crippen MR) is 129 cm³/mol. The van der Waals surface area contributed by atoms with Crippen LogP contribution < -0.4 is 4.18 Å². The lowest BCUT2D eigenvalue weighted by Gasteiger charge is -2.23. The topological polar surface area (TPSA) is 93.9 Å². The van der Waals surface area contributed by atoms with E-state index < -0.39 is 21.8 Å². The van der Waals surface area contributed by atoms with Crippen LogP contribution in [0.3, 0.4) is 0 Å². The van der Waals surface area contributed by atoms with E-state index in [1.165, 1.54) is 66.6 Å². The molecule has 4 rings (SSSR count). The third-order valence-corrected chi connectivity index (χ3v) is 6.62. The van der Waals surface area contributed by atoms with Gasteiger partial charge in [0, 0.05) is 16.7 Å². The largest absolute Gasteiger partial charge is 0.467 e. The normalized spacial score (nSPS) is 11.2. The fourth-order valence-electron chi connectivity index (χ4n) is 3.54. The Labute approximate surface area is 207 Å². The zero-order valence-electron chi connectivity index (χ0n) is 19.3. The van der Waals surface area contributed by atoms with Crippen molar-refractivity contribution in [3.8, 4) is 5.75 Å². The highest BCUT2D eigenvalue weighted by molar-refractivity contribution is 7.87. The number of rotatable bonds is 9. The Balaban J connectivity index is 1.63. The van der Waals surface area contributed by atoms with Crippen LogP contribution in [0.25, 0.3) is 0 Å². The summed E-state index contributed by atoms with van der Waals surface area (Å²) in [7, 11) is -4.22. The fraction of sp³-hybridized carbons (Fsp3) is 0.111. The molecule has 7 nitrogen and oxygen atoms in total. The molecule has 1 aromatic heterocycles. The molecular weight excluding hydrogens is 485 g/mol. The van der Waals surface area contributed by atoms with E-state index in [1.54, 1.807) is 30.3 Å². The second kappa shape index (κ2) is 10.6. The standard InChI is InChI=1S/C27H22FNO6S/c1-19(30)20-11-13-25(14-12-20)36(32,33)35-26-10-3-2-6-22(26)17-29(18-24-9-5-15-34-24)27(31)21-7-4-8-23(28)16-21/h2-16H,17-18H2,1H3. The summed E-state index contributed by atoms with van der Waals surface area (Å²) in [4.78, 5) is 26.0. The summed E-state index contributed by atoms with van der Waals surface area (Å²) >= 11 is 0. The molecule has 0 aliphatic carbocycles. The molecule has 0 bridgehead atoms. The van der Waals surface area contributed by atoms with Gasteiger partial charge >= 0.3 is 10.1 Å². The first kappa shape index (κ1) is 24.9. The van der Waals surface area contributed by atoms with E-state index in [0.717, 1.165) is 6.07 Å². The Morgan fingerprint density at radius 3 is 2.31 bits per heavy atom. The number of hydrogen-bond donors (Lipinski definition) is 0. The lowest BCUT2D eigenvalue weighted by atomic mass is 10.1. The van der Waals surface area contributed by atoms with E-state index in [4.69, 9.17) is 8.60 Å². The van der Waals surface area contributed by atoms with E-state index in [9.17, 15) is 22.4 Å². The van der Waals surface area contributed by atoms with E-state index in [2.05, 4.69) is 0 Å². The maximum absolute atomic E-state index is 13.8. The number of carbonyl (C=O) groups excluding carboxylic acids is 2. The number of benzene rings is 3. The molecule has 0 aliphatic heterocycles. The molecule has 0 saturated carbocycles. The van der Waals surface area contributed by atoms with Crippen molar-refractivity contribution in [2.24, 2.45) is 0 Å². The number of amides is 1. The molecule has 0 saturated heterocycles. The van der Waals surface area contributed by atoms with Crippen LogP contribution in [0.2, 0.25) is 0 Å². The van der Waals surface area contributed by atoms with Crippen molar-refractivity contribution >= 4 is 21.8 Å². The van der Waals surface area contributed by atoms with Crippen LogP contribution in [0.4, 0.5) is 4.39 Å². The minimum atomic E-state index is -4.22. The van der Waals surface area contributed by atoms with Crippen LogP contribution >= 0.6 is 0 Å². The molecule has 1 heterocycles. The Morgan fingerprint density at radius 2 is 1.64 bits per heavy atom. The smallest absolute Gasteiger partial charge is 0.339 e. The minimum Gasteiger partial charge on any atom is -0.467 e. The van der Waals surface area contributed by atoms with Crippen LogP contribution in [0, 0.1) is 5.82 Å². The quantitative estimate of drug-likeness (QED) is 0.227. The Kier molecular flexibility index (Phi) is 7.30. The SMILES string of the molecule is CC(=O)c1ccc(S(=O)(=O)Oc2ccccc2CN(Cc2ccco2)C(=O)c2cccc(F)c2)cc1. The fourth-order valence-corrected chi connectivity index (χ4v) is 4.50. The van der Waals surface area contributed by atoms with Gasteiger partial charge in [-0.2, -0.15) is 8.42 Å². The molecule has 4 aromatic rings. The van der Waals surface area contributed by atoms with Gasteiger partial charge in [-0.05, 0) is 55.5 Å². The van der Waals surface area contributed by atoms with Gasteiger partial charge in [-0.1, -0.05) is 36.4 Å². The highest BCUT2D eigenvalue weighted by atomic mass is 32.2. The average molecular weight is 508 g/mol. The van der Waals surface area contributed by atoms with Gasteiger partial charge in [0.1, 0.15) is 22.2 Å². The van der Waals surface area contributed by atoms with Crippen molar-refractivity contribution < 1.29 is 31.0 Å². The molecule has 0 radical (unpaired) electrons. The van der Waals surface area contributed by atoms with Gasteiger partial charge in [-0.15, -0.1) is 0 Å². The van der Waals surface area contributed by atoms with Gasteiger partial charge < -0.3 is 13.5 Å². The van der Waals surface area contributed by atoms with Crippen molar-refractivity contribution in [1.29, 1.82) is 0 Å². The molecule has 3 aromatic carbocycles. The summed E-state index contributed by atoms with van der Waals surface area (Å²) in [6.07, 6.45) is 1.47. The molecule has 0 atom stereocenters. The predicted octanol–water partition coefficient (Wildman–Crippen LogP) is 5.23. The molecule has 36 heavy (non-hydrogen) atoms. The Morgan fingerprint density at radius 1 is 0.889 bits per heavy atom. The number of ketones is 1. The second-order valence-electron chi connectivity index (χ2n) is 7.98. The van der Waals surface area contributed by atoms with Crippen molar-refractivity contribution in [3.05, 3.63) is 119 Å². The number of hydrogen-bond acceptors (Lipinski definition) is 6. The third kappa shape index (κ3) is 5.87. The zero-order valence-corrected chi connectivity index (χ0v) is 20.1. The summed E-state index contributed by atoms with van der Waals surface area (Å²) in [6, 6.07) is 20.5. The van der Waals surface area contributed by atoms with Crippen LogP contribution in [-0.4, -0.2) is 25.0 Å². The summed E-state index contributed by atoms with van der Waals surface area (Å²) in [5, 5.41) is 0. The Hall–Kier alpha value is -4.24. The highest BCUT2D eigenvalue weighted by Crippen LogP contribution is 2.26. The minimum absolute atomic E-state index is 0.0321. The molecule has 0 N–H and O–H groups in total. The van der Waals surface area contributed by atoms with Crippen LogP contribution in [0.15, 0.2) is 101 Å². The number of Topliss-reactive ketones (excluding diaryl/α,β-unsaturated/α-hetero) is 1. The van der Waals surface area contributed by atoms with Crippen LogP contribution in [-0.2, 0) is 23.2 Å². The van der Waals surface area contributed by atoms with Crippen molar-refractivity contribution in [2.75, 3.05) is 0 Å². The first-order valence-corrected chi connectivity index (χ1v) is 12.3. The number of nitrogens with zero attached hydrogens (tertiary/aromatic N) is 1. The molecule has 0 aliphatic rings. The van der Waals surface area contributed by atoms with Crippen molar-refractivity contribution in [3.63, 3.8) is 0 Å².